The molecule has 8 heteroatoms. The van der Waals surface area contributed by atoms with Crippen molar-refractivity contribution in [2.45, 2.75) is 31.2 Å². The predicted octanol–water partition coefficient (Wildman–Crippen LogP) is 3.63. The Hall–Kier alpha value is -3.00. The first kappa shape index (κ1) is 22.8. The third-order valence-electron chi connectivity index (χ3n) is 7.29. The summed E-state index contributed by atoms with van der Waals surface area (Å²) in [5.41, 5.74) is 4.35. The molecule has 2 aromatic carbocycles. The molecule has 0 aromatic heterocycles. The summed E-state index contributed by atoms with van der Waals surface area (Å²) in [4.78, 5) is 35.8. The van der Waals surface area contributed by atoms with Crippen LogP contribution in [0.15, 0.2) is 48.5 Å². The van der Waals surface area contributed by atoms with Crippen molar-refractivity contribution in [2.24, 2.45) is 11.3 Å². The molecule has 3 aliphatic rings. The number of hydrogen-bond donors (Lipinski definition) is 3. The van der Waals surface area contributed by atoms with E-state index in [4.69, 9.17) is 9.84 Å². The van der Waals surface area contributed by atoms with E-state index in [1.54, 1.807) is 0 Å². The zero-order chi connectivity index (χ0) is 23.7. The van der Waals surface area contributed by atoms with Crippen molar-refractivity contribution in [3.05, 3.63) is 59.7 Å². The molecule has 178 valence electrons. The van der Waals surface area contributed by atoms with Gasteiger partial charge in [0.2, 0.25) is 5.91 Å². The predicted molar refractivity (Wildman–Crippen MR) is 130 cm³/mol. The van der Waals surface area contributed by atoms with Gasteiger partial charge in [0.25, 0.3) is 0 Å². The van der Waals surface area contributed by atoms with E-state index in [1.165, 1.54) is 34.0 Å². The van der Waals surface area contributed by atoms with Gasteiger partial charge in [0.05, 0.1) is 11.2 Å². The summed E-state index contributed by atoms with van der Waals surface area (Å²) in [6.45, 7) is 0.728. The van der Waals surface area contributed by atoms with Gasteiger partial charge in [0, 0.05) is 24.3 Å². The Morgan fingerprint density at radius 1 is 1.03 bits per heavy atom. The third kappa shape index (κ3) is 4.39. The molecule has 0 radical (unpaired) electrons. The summed E-state index contributed by atoms with van der Waals surface area (Å²) in [6.07, 6.45) is 1.82. The van der Waals surface area contributed by atoms with Gasteiger partial charge in [-0.3, -0.25) is 9.59 Å². The van der Waals surface area contributed by atoms with Crippen molar-refractivity contribution in [1.29, 1.82) is 0 Å². The van der Waals surface area contributed by atoms with Crippen molar-refractivity contribution in [1.82, 2.24) is 10.6 Å². The third-order valence-corrected chi connectivity index (χ3v) is 8.23. The molecule has 7 nitrogen and oxygen atoms in total. The number of carbonyl (C=O) groups excluding carboxylic acids is 2. The van der Waals surface area contributed by atoms with E-state index in [2.05, 4.69) is 34.9 Å². The summed E-state index contributed by atoms with van der Waals surface area (Å²) in [6, 6.07) is 16.4. The SMILES string of the molecule is O=C(O)CSCCNC(=O)[C@]12C[C@H](NC(=O)OCC3c4ccccc4-c4ccccc43)C[C@H]1C2. The van der Waals surface area contributed by atoms with Crippen LogP contribution in [0.4, 0.5) is 4.79 Å². The summed E-state index contributed by atoms with van der Waals surface area (Å²) in [5, 5.41) is 14.6. The molecule has 0 heterocycles. The molecule has 5 rings (SSSR count). The maximum atomic E-state index is 12.7. The minimum Gasteiger partial charge on any atom is -0.481 e. The molecule has 2 amide bonds. The minimum absolute atomic E-state index is 0.0188. The number of rotatable bonds is 9. The lowest BCUT2D eigenvalue weighted by Gasteiger charge is -2.19. The molecule has 2 fully saturated rings. The van der Waals surface area contributed by atoms with Gasteiger partial charge >= 0.3 is 12.1 Å². The van der Waals surface area contributed by atoms with Crippen LogP contribution < -0.4 is 10.6 Å². The van der Waals surface area contributed by atoms with Gasteiger partial charge in [-0.25, -0.2) is 4.79 Å². The van der Waals surface area contributed by atoms with Gasteiger partial charge in [-0.05, 0) is 47.4 Å². The van der Waals surface area contributed by atoms with Crippen molar-refractivity contribution >= 4 is 29.7 Å². The molecule has 0 spiro atoms. The van der Waals surface area contributed by atoms with Crippen LogP contribution in [0.1, 0.15) is 36.3 Å². The highest BCUT2D eigenvalue weighted by Crippen LogP contribution is 2.63. The number of ether oxygens (including phenoxy) is 1. The lowest BCUT2D eigenvalue weighted by atomic mass is 9.98. The number of hydrogen-bond acceptors (Lipinski definition) is 5. The second-order valence-electron chi connectivity index (χ2n) is 9.37. The number of fused-ring (bicyclic) bond motifs is 4. The quantitative estimate of drug-likeness (QED) is 0.474. The van der Waals surface area contributed by atoms with Crippen LogP contribution in [-0.2, 0) is 14.3 Å². The van der Waals surface area contributed by atoms with Crippen LogP contribution >= 0.6 is 11.8 Å². The molecule has 3 N–H and O–H groups in total. The van der Waals surface area contributed by atoms with E-state index in [9.17, 15) is 14.4 Å². The van der Waals surface area contributed by atoms with Gasteiger partial charge in [-0.1, -0.05) is 48.5 Å². The fourth-order valence-electron chi connectivity index (χ4n) is 5.67. The fourth-order valence-corrected chi connectivity index (χ4v) is 6.23. The highest BCUT2D eigenvalue weighted by atomic mass is 32.2. The average Bonchev–Trinajstić information content (AvgIpc) is 3.25. The zero-order valence-corrected chi connectivity index (χ0v) is 19.6. The normalized spacial score (nSPS) is 24.0. The molecule has 34 heavy (non-hydrogen) atoms. The Labute approximate surface area is 202 Å². The van der Waals surface area contributed by atoms with Crippen LogP contribution in [0, 0.1) is 11.3 Å². The Kier molecular flexibility index (Phi) is 6.25. The van der Waals surface area contributed by atoms with E-state index < -0.39 is 17.5 Å². The number of thioether (sulfide) groups is 1. The number of aliphatic carboxylic acids is 1. The summed E-state index contributed by atoms with van der Waals surface area (Å²) >= 11 is 1.29. The van der Waals surface area contributed by atoms with E-state index in [1.807, 2.05) is 24.3 Å². The Bertz CT molecular complexity index is 1080. The average molecular weight is 481 g/mol. The maximum Gasteiger partial charge on any atom is 0.407 e. The highest BCUT2D eigenvalue weighted by molar-refractivity contribution is 7.99. The van der Waals surface area contributed by atoms with E-state index >= 15 is 0 Å². The van der Waals surface area contributed by atoms with E-state index in [0.717, 1.165) is 12.8 Å². The van der Waals surface area contributed by atoms with Crippen LogP contribution in [0.5, 0.6) is 0 Å². The molecule has 0 aliphatic heterocycles. The number of nitrogens with one attached hydrogen (secondary N) is 2. The monoisotopic (exact) mass is 480 g/mol. The first-order chi connectivity index (χ1) is 16.5. The van der Waals surface area contributed by atoms with Crippen LogP contribution in [0.3, 0.4) is 0 Å². The first-order valence-corrected chi connectivity index (χ1v) is 12.8. The topological polar surface area (TPSA) is 105 Å². The van der Waals surface area contributed by atoms with Crippen LogP contribution in [-0.4, -0.2) is 53.8 Å². The van der Waals surface area contributed by atoms with Gasteiger partial charge < -0.3 is 20.5 Å². The van der Waals surface area contributed by atoms with E-state index in [-0.39, 0.29) is 36.1 Å². The Morgan fingerprint density at radius 3 is 2.38 bits per heavy atom. The number of carboxylic acids is 1. The number of benzene rings is 2. The minimum atomic E-state index is -0.852. The van der Waals surface area contributed by atoms with Crippen molar-refractivity contribution < 1.29 is 24.2 Å². The molecule has 2 aromatic rings. The number of carbonyl (C=O) groups is 3. The van der Waals surface area contributed by atoms with Gasteiger partial charge in [-0.2, -0.15) is 0 Å². The van der Waals surface area contributed by atoms with Gasteiger partial charge in [0.1, 0.15) is 6.61 Å². The lowest BCUT2D eigenvalue weighted by Crippen LogP contribution is -2.38. The largest absolute Gasteiger partial charge is 0.481 e. The molecule has 0 bridgehead atoms. The van der Waals surface area contributed by atoms with Crippen LogP contribution in [0.25, 0.3) is 11.1 Å². The summed E-state index contributed by atoms with van der Waals surface area (Å²) < 4.78 is 5.65. The first-order valence-electron chi connectivity index (χ1n) is 11.7. The standard InChI is InChI=1S/C26H28N2O5S/c29-23(30)15-34-10-9-27-24(31)26-12-16(26)11-17(13-26)28-25(32)33-14-22-20-7-3-1-5-18(20)19-6-2-4-8-21(19)22/h1-8,16-17,22H,9-15H2,(H,27,31)(H,28,32)(H,29,30)/t16-,17+,26+/m0/s1. The summed E-state index contributed by atoms with van der Waals surface area (Å²) in [7, 11) is 0. The lowest BCUT2D eigenvalue weighted by molar-refractivity contribution is -0.134. The number of carboxylic acid groups (broad SMARTS) is 1. The van der Waals surface area contributed by atoms with Crippen molar-refractivity contribution in [3.8, 4) is 11.1 Å². The van der Waals surface area contributed by atoms with Crippen molar-refractivity contribution in [2.75, 3.05) is 24.7 Å². The zero-order valence-electron chi connectivity index (χ0n) is 18.8. The second-order valence-corrected chi connectivity index (χ2v) is 10.5. The maximum absolute atomic E-state index is 12.7. The van der Waals surface area contributed by atoms with Gasteiger partial charge in [0.15, 0.2) is 0 Å². The molecule has 2 saturated carbocycles. The number of amides is 2. The molecular weight excluding hydrogens is 452 g/mol. The smallest absolute Gasteiger partial charge is 0.407 e. The summed E-state index contributed by atoms with van der Waals surface area (Å²) in [5.74, 6) is 0.0837. The molecule has 0 unspecified atom stereocenters. The van der Waals surface area contributed by atoms with E-state index in [0.29, 0.717) is 18.7 Å². The Balaban J connectivity index is 1.10. The highest BCUT2D eigenvalue weighted by Gasteiger charge is 2.65. The molecular formula is C26H28N2O5S. The van der Waals surface area contributed by atoms with Crippen molar-refractivity contribution in [3.63, 3.8) is 0 Å². The number of alkyl carbamates (subject to hydrolysis) is 1. The fraction of sp³-hybridized carbons (Fsp3) is 0.423. The van der Waals surface area contributed by atoms with Crippen LogP contribution in [0.2, 0.25) is 0 Å². The molecule has 3 aliphatic carbocycles. The Morgan fingerprint density at radius 2 is 1.71 bits per heavy atom. The van der Waals surface area contributed by atoms with Gasteiger partial charge in [-0.15, -0.1) is 11.8 Å². The second kappa shape index (κ2) is 9.33. The molecule has 3 atom stereocenters. The molecule has 0 saturated heterocycles.